The molecule has 0 radical (unpaired) electrons. The molecule has 2 atom stereocenters. The van der Waals surface area contributed by atoms with Crippen molar-refractivity contribution in [3.05, 3.63) is 11.7 Å². The van der Waals surface area contributed by atoms with Gasteiger partial charge in [-0.3, -0.25) is 0 Å². The quantitative estimate of drug-likeness (QED) is 0.837. The maximum atomic E-state index is 12.1. The van der Waals surface area contributed by atoms with Crippen LogP contribution in [0.5, 0.6) is 0 Å². The first-order chi connectivity index (χ1) is 9.26. The molecule has 2 N–H and O–H groups in total. The summed E-state index contributed by atoms with van der Waals surface area (Å²) in [6, 6.07) is -0.0893. The van der Waals surface area contributed by atoms with Crippen LogP contribution in [0, 0.1) is 6.92 Å². The van der Waals surface area contributed by atoms with Crippen LogP contribution < -0.4 is 5.73 Å². The van der Waals surface area contributed by atoms with Gasteiger partial charge < -0.3 is 19.9 Å². The normalized spacial score (nSPS) is 23.8. The zero-order chi connectivity index (χ0) is 14.9. The molecule has 0 saturated carbocycles. The van der Waals surface area contributed by atoms with Crippen LogP contribution in [0.2, 0.25) is 0 Å². The Morgan fingerprint density at radius 3 is 2.75 bits per heavy atom. The number of hydrogen-bond acceptors (Lipinski definition) is 6. The Morgan fingerprint density at radius 2 is 2.20 bits per heavy atom. The van der Waals surface area contributed by atoms with Gasteiger partial charge in [-0.15, -0.1) is 0 Å². The molecule has 7 nitrogen and oxygen atoms in total. The van der Waals surface area contributed by atoms with Crippen molar-refractivity contribution < 1.29 is 14.1 Å². The van der Waals surface area contributed by atoms with Crippen molar-refractivity contribution in [1.29, 1.82) is 0 Å². The summed E-state index contributed by atoms with van der Waals surface area (Å²) < 4.78 is 10.6. The van der Waals surface area contributed by atoms with Gasteiger partial charge in [0.2, 0.25) is 5.89 Å². The highest BCUT2D eigenvalue weighted by Gasteiger charge is 2.35. The number of aromatic nitrogens is 2. The van der Waals surface area contributed by atoms with E-state index in [0.29, 0.717) is 31.2 Å². The maximum absolute atomic E-state index is 12.1. The number of rotatable bonds is 1. The molecule has 2 heterocycles. The van der Waals surface area contributed by atoms with Gasteiger partial charge >= 0.3 is 6.09 Å². The van der Waals surface area contributed by atoms with Crippen LogP contribution in [-0.4, -0.2) is 45.9 Å². The molecule has 1 aliphatic rings. The predicted octanol–water partition coefficient (Wildman–Crippen LogP) is 1.43. The van der Waals surface area contributed by atoms with Crippen molar-refractivity contribution in [3.8, 4) is 0 Å². The first-order valence-corrected chi connectivity index (χ1v) is 6.80. The fraction of sp³-hybridized carbons (Fsp3) is 0.769. The molecule has 0 bridgehead atoms. The summed E-state index contributed by atoms with van der Waals surface area (Å²) in [5.41, 5.74) is 5.60. The SMILES string of the molecule is Cc1noc([C@H]2CN(C(=O)OC(C)(C)C)CC[C@H]2N)n1. The molecule has 0 aliphatic carbocycles. The van der Waals surface area contributed by atoms with Gasteiger partial charge in [0, 0.05) is 19.1 Å². The second kappa shape index (κ2) is 5.40. The summed E-state index contributed by atoms with van der Waals surface area (Å²) in [6.07, 6.45) is 0.358. The highest BCUT2D eigenvalue weighted by Crippen LogP contribution is 2.26. The molecule has 2 rings (SSSR count). The second-order valence-electron chi connectivity index (χ2n) is 6.17. The molecule has 1 fully saturated rings. The summed E-state index contributed by atoms with van der Waals surface area (Å²) in [5, 5.41) is 3.78. The van der Waals surface area contributed by atoms with Crippen LogP contribution in [0.1, 0.15) is 44.8 Å². The molecular weight excluding hydrogens is 260 g/mol. The van der Waals surface area contributed by atoms with Crippen LogP contribution in [-0.2, 0) is 4.74 Å². The molecule has 1 aromatic rings. The third-order valence-corrected chi connectivity index (χ3v) is 3.18. The molecule has 1 aromatic heterocycles. The van der Waals surface area contributed by atoms with E-state index in [4.69, 9.17) is 15.0 Å². The topological polar surface area (TPSA) is 94.5 Å². The number of nitrogens with two attached hydrogens (primary N) is 1. The molecular formula is C13H22N4O3. The van der Waals surface area contributed by atoms with Gasteiger partial charge in [0.15, 0.2) is 5.82 Å². The minimum absolute atomic E-state index is 0.0893. The Morgan fingerprint density at radius 1 is 1.50 bits per heavy atom. The smallest absolute Gasteiger partial charge is 0.410 e. The van der Waals surface area contributed by atoms with Gasteiger partial charge in [-0.05, 0) is 34.1 Å². The lowest BCUT2D eigenvalue weighted by Gasteiger charge is -2.35. The summed E-state index contributed by atoms with van der Waals surface area (Å²) >= 11 is 0. The monoisotopic (exact) mass is 282 g/mol. The number of ether oxygens (including phenoxy) is 1. The molecule has 20 heavy (non-hydrogen) atoms. The van der Waals surface area contributed by atoms with Gasteiger partial charge in [0.1, 0.15) is 5.60 Å². The maximum Gasteiger partial charge on any atom is 0.410 e. The number of hydrogen-bond donors (Lipinski definition) is 1. The van der Waals surface area contributed by atoms with E-state index >= 15 is 0 Å². The molecule has 7 heteroatoms. The van der Waals surface area contributed by atoms with Crippen LogP contribution >= 0.6 is 0 Å². The van der Waals surface area contributed by atoms with E-state index in [1.54, 1.807) is 11.8 Å². The third kappa shape index (κ3) is 3.47. The molecule has 0 aromatic carbocycles. The Bertz CT molecular complexity index is 480. The van der Waals surface area contributed by atoms with E-state index in [1.807, 2.05) is 20.8 Å². The van der Waals surface area contributed by atoms with Crippen molar-refractivity contribution in [2.45, 2.75) is 51.7 Å². The summed E-state index contributed by atoms with van der Waals surface area (Å²) in [5.74, 6) is 0.919. The van der Waals surface area contributed by atoms with Gasteiger partial charge in [-0.2, -0.15) is 4.98 Å². The standard InChI is InChI=1S/C13H22N4O3/c1-8-15-11(20-16-8)9-7-17(6-5-10(9)14)12(18)19-13(2,3)4/h9-10H,5-7,14H2,1-4H3/t9-,10+/m0/s1. The average molecular weight is 282 g/mol. The highest BCUT2D eigenvalue weighted by atomic mass is 16.6. The van der Waals surface area contributed by atoms with Gasteiger partial charge in [0.25, 0.3) is 0 Å². The number of piperidine rings is 1. The highest BCUT2D eigenvalue weighted by molar-refractivity contribution is 5.68. The van der Waals surface area contributed by atoms with E-state index in [1.165, 1.54) is 0 Å². The molecule has 1 saturated heterocycles. The van der Waals surface area contributed by atoms with Crippen molar-refractivity contribution >= 4 is 6.09 Å². The third-order valence-electron chi connectivity index (χ3n) is 3.18. The number of nitrogens with zero attached hydrogens (tertiary/aromatic N) is 3. The molecule has 1 aliphatic heterocycles. The van der Waals surface area contributed by atoms with Crippen LogP contribution in [0.4, 0.5) is 4.79 Å². The van der Waals surface area contributed by atoms with Crippen LogP contribution in [0.25, 0.3) is 0 Å². The second-order valence-corrected chi connectivity index (χ2v) is 6.17. The van der Waals surface area contributed by atoms with Gasteiger partial charge in [-0.1, -0.05) is 5.16 Å². The zero-order valence-electron chi connectivity index (χ0n) is 12.4. The molecule has 1 amide bonds. The number of likely N-dealkylation sites (tertiary alicyclic amines) is 1. The first kappa shape index (κ1) is 14.8. The minimum Gasteiger partial charge on any atom is -0.444 e. The first-order valence-electron chi connectivity index (χ1n) is 6.80. The lowest BCUT2D eigenvalue weighted by Crippen LogP contribution is -2.49. The van der Waals surface area contributed by atoms with E-state index in [2.05, 4.69) is 10.1 Å². The van der Waals surface area contributed by atoms with E-state index in [9.17, 15) is 4.79 Å². The lowest BCUT2D eigenvalue weighted by atomic mass is 9.93. The Kier molecular flexibility index (Phi) is 3.99. The average Bonchev–Trinajstić information content (AvgIpc) is 2.74. The fourth-order valence-electron chi connectivity index (χ4n) is 2.19. The minimum atomic E-state index is -0.507. The molecule has 0 unspecified atom stereocenters. The van der Waals surface area contributed by atoms with E-state index in [-0.39, 0.29) is 18.1 Å². The zero-order valence-corrected chi connectivity index (χ0v) is 12.4. The predicted molar refractivity (Wildman–Crippen MR) is 72.2 cm³/mol. The largest absolute Gasteiger partial charge is 0.444 e. The van der Waals surface area contributed by atoms with Gasteiger partial charge in [-0.25, -0.2) is 4.79 Å². The fourth-order valence-corrected chi connectivity index (χ4v) is 2.19. The van der Waals surface area contributed by atoms with Gasteiger partial charge in [0.05, 0.1) is 5.92 Å². The molecule has 112 valence electrons. The number of carbonyl (C=O) groups is 1. The Labute approximate surface area is 118 Å². The van der Waals surface area contributed by atoms with Crippen LogP contribution in [0.3, 0.4) is 0 Å². The number of carbonyl (C=O) groups excluding carboxylic acids is 1. The number of amides is 1. The van der Waals surface area contributed by atoms with E-state index in [0.717, 1.165) is 0 Å². The Hall–Kier alpha value is -1.63. The van der Waals surface area contributed by atoms with Crippen molar-refractivity contribution in [2.24, 2.45) is 5.73 Å². The number of aryl methyl sites for hydroxylation is 1. The van der Waals surface area contributed by atoms with E-state index < -0.39 is 5.60 Å². The molecule has 0 spiro atoms. The van der Waals surface area contributed by atoms with Crippen molar-refractivity contribution in [3.63, 3.8) is 0 Å². The summed E-state index contributed by atoms with van der Waals surface area (Å²) in [4.78, 5) is 18.0. The van der Waals surface area contributed by atoms with Crippen LogP contribution in [0.15, 0.2) is 4.52 Å². The summed E-state index contributed by atoms with van der Waals surface area (Å²) in [7, 11) is 0. The van der Waals surface area contributed by atoms with Crippen molar-refractivity contribution in [2.75, 3.05) is 13.1 Å². The Balaban J connectivity index is 2.06. The summed E-state index contributed by atoms with van der Waals surface area (Å²) in [6.45, 7) is 8.32. The lowest BCUT2D eigenvalue weighted by molar-refractivity contribution is 0.0175. The van der Waals surface area contributed by atoms with Crippen molar-refractivity contribution in [1.82, 2.24) is 15.0 Å².